The van der Waals surface area contributed by atoms with E-state index in [1.165, 1.54) is 0 Å². The van der Waals surface area contributed by atoms with Gasteiger partial charge in [-0.15, -0.1) is 0 Å². The quantitative estimate of drug-likeness (QED) is 0.132. The molecule has 0 radical (unpaired) electrons. The Balaban J connectivity index is 0.000000197. The minimum absolute atomic E-state index is 0.247. The second-order valence-electron chi connectivity index (χ2n) is 12.3. The number of rotatable bonds is 10. The van der Waals surface area contributed by atoms with E-state index in [1.54, 1.807) is 70.5 Å². The van der Waals surface area contributed by atoms with Crippen LogP contribution in [0.15, 0.2) is 165 Å². The first-order valence-electron chi connectivity index (χ1n) is 17.2. The summed E-state index contributed by atoms with van der Waals surface area (Å²) in [6.45, 7) is 0. The SMILES string of the molecule is Cn1cc(-c2cc(Oc3cccc(N)c3)ccn2)cn1.Cn1cc(-c2cc(Oc3cccc(NC(=O)c4cccc(Oc5ccccc5)c4)c3)ccn2)cn1. The van der Waals surface area contributed by atoms with Gasteiger partial charge in [0.25, 0.3) is 5.91 Å². The Bertz CT molecular complexity index is 2530. The van der Waals surface area contributed by atoms with Crippen LogP contribution >= 0.6 is 0 Å². The number of benzene rings is 4. The molecule has 0 fully saturated rings. The monoisotopic (exact) mass is 728 g/mol. The lowest BCUT2D eigenvalue weighted by Crippen LogP contribution is -2.11. The van der Waals surface area contributed by atoms with Gasteiger partial charge in [0, 0.05) is 91.2 Å². The molecule has 0 saturated heterocycles. The number of nitrogen functional groups attached to an aromatic ring is 1. The van der Waals surface area contributed by atoms with E-state index in [9.17, 15) is 4.79 Å². The molecule has 1 amide bonds. The molecule has 12 nitrogen and oxygen atoms in total. The molecule has 0 atom stereocenters. The lowest BCUT2D eigenvalue weighted by Gasteiger charge is -2.11. The summed E-state index contributed by atoms with van der Waals surface area (Å²) in [5.41, 5.74) is 10.9. The Hall–Kier alpha value is -7.73. The summed E-state index contributed by atoms with van der Waals surface area (Å²) in [6, 6.07) is 38.3. The van der Waals surface area contributed by atoms with Gasteiger partial charge in [0.1, 0.15) is 34.5 Å². The Morgan fingerprint density at radius 2 is 1.07 bits per heavy atom. The van der Waals surface area contributed by atoms with Crippen molar-refractivity contribution in [3.63, 3.8) is 0 Å². The molecule has 0 saturated carbocycles. The molecule has 272 valence electrons. The topological polar surface area (TPSA) is 144 Å². The molecule has 8 aromatic rings. The molecule has 8 rings (SSSR count). The Morgan fingerprint density at radius 1 is 0.564 bits per heavy atom. The normalized spacial score (nSPS) is 10.5. The number of hydrogen-bond acceptors (Lipinski definition) is 9. The van der Waals surface area contributed by atoms with Crippen LogP contribution in [0, 0.1) is 0 Å². The summed E-state index contributed by atoms with van der Waals surface area (Å²) < 4.78 is 21.1. The maximum atomic E-state index is 12.9. The van der Waals surface area contributed by atoms with Crippen LogP contribution in [0.1, 0.15) is 10.4 Å². The number of aryl methyl sites for hydroxylation is 2. The van der Waals surface area contributed by atoms with Gasteiger partial charge in [-0.2, -0.15) is 10.2 Å². The van der Waals surface area contributed by atoms with E-state index in [2.05, 4.69) is 25.5 Å². The number of ether oxygens (including phenoxy) is 3. The number of nitrogens with one attached hydrogen (secondary N) is 1. The van der Waals surface area contributed by atoms with Gasteiger partial charge >= 0.3 is 0 Å². The zero-order valence-electron chi connectivity index (χ0n) is 30.0. The number of amides is 1. The van der Waals surface area contributed by atoms with Crippen molar-refractivity contribution in [3.05, 3.63) is 170 Å². The van der Waals surface area contributed by atoms with Crippen molar-refractivity contribution in [2.24, 2.45) is 14.1 Å². The summed E-state index contributed by atoms with van der Waals surface area (Å²) in [7, 11) is 3.73. The van der Waals surface area contributed by atoms with Gasteiger partial charge in [-0.05, 0) is 66.7 Å². The zero-order valence-corrected chi connectivity index (χ0v) is 30.0. The first kappa shape index (κ1) is 35.7. The number of carbonyl (C=O) groups is 1. The lowest BCUT2D eigenvalue weighted by molar-refractivity contribution is 0.102. The Morgan fingerprint density at radius 3 is 1.65 bits per heavy atom. The first-order chi connectivity index (χ1) is 26.8. The summed E-state index contributed by atoms with van der Waals surface area (Å²) >= 11 is 0. The molecule has 12 heteroatoms. The maximum absolute atomic E-state index is 12.9. The van der Waals surface area contributed by atoms with Crippen LogP contribution in [0.4, 0.5) is 11.4 Å². The molecule has 0 aliphatic carbocycles. The zero-order chi connectivity index (χ0) is 38.0. The van der Waals surface area contributed by atoms with E-state index in [0.29, 0.717) is 51.4 Å². The van der Waals surface area contributed by atoms with Crippen LogP contribution in [-0.2, 0) is 14.1 Å². The second-order valence-corrected chi connectivity index (χ2v) is 12.3. The summed E-state index contributed by atoms with van der Waals surface area (Å²) in [6.07, 6.45) is 10.7. The van der Waals surface area contributed by atoms with Crippen molar-refractivity contribution in [2.45, 2.75) is 0 Å². The molecule has 0 unspecified atom stereocenters. The van der Waals surface area contributed by atoms with Crippen LogP contribution in [0.3, 0.4) is 0 Å². The highest BCUT2D eigenvalue weighted by molar-refractivity contribution is 6.04. The number of pyridine rings is 2. The Kier molecular flexibility index (Phi) is 10.9. The second kappa shape index (κ2) is 16.7. The standard InChI is InChI=1S/C28H22N4O3.C15H14N4O/c1-32-19-21(18-30-32)27-17-26(13-14-29-27)35-25-12-6-8-22(16-25)31-28(33)20-7-5-11-24(15-20)34-23-9-3-2-4-10-23;1-19-10-11(9-18-19)15-8-14(5-6-17-15)20-13-4-2-3-12(16)7-13/h2-19H,1H3,(H,31,33);2-10H,16H2,1H3. The third kappa shape index (κ3) is 9.78. The van der Waals surface area contributed by atoms with E-state index in [4.69, 9.17) is 19.9 Å². The minimum Gasteiger partial charge on any atom is -0.457 e. The van der Waals surface area contributed by atoms with Gasteiger partial charge in [-0.1, -0.05) is 36.4 Å². The van der Waals surface area contributed by atoms with Crippen molar-refractivity contribution in [1.82, 2.24) is 29.5 Å². The van der Waals surface area contributed by atoms with E-state index in [-0.39, 0.29) is 5.91 Å². The molecule has 4 aromatic carbocycles. The van der Waals surface area contributed by atoms with Crippen molar-refractivity contribution in [3.8, 4) is 57.0 Å². The van der Waals surface area contributed by atoms with Crippen molar-refractivity contribution in [2.75, 3.05) is 11.1 Å². The minimum atomic E-state index is -0.247. The predicted octanol–water partition coefficient (Wildman–Crippen LogP) is 9.18. The molecule has 0 bridgehead atoms. The van der Waals surface area contributed by atoms with Crippen LogP contribution in [0.25, 0.3) is 22.5 Å². The molecule has 0 spiro atoms. The number of anilines is 2. The summed E-state index contributed by atoms with van der Waals surface area (Å²) in [4.78, 5) is 21.6. The van der Waals surface area contributed by atoms with Gasteiger partial charge in [0.15, 0.2) is 0 Å². The van der Waals surface area contributed by atoms with Gasteiger partial charge in [-0.25, -0.2) is 0 Å². The number of nitrogens with zero attached hydrogens (tertiary/aromatic N) is 6. The van der Waals surface area contributed by atoms with E-state index in [1.807, 2.05) is 117 Å². The number of nitrogens with two attached hydrogens (primary N) is 1. The fourth-order valence-corrected chi connectivity index (χ4v) is 5.39. The van der Waals surface area contributed by atoms with Gasteiger partial charge < -0.3 is 25.3 Å². The Labute approximate surface area is 317 Å². The highest BCUT2D eigenvalue weighted by Gasteiger charge is 2.10. The van der Waals surface area contributed by atoms with Crippen LogP contribution < -0.4 is 25.3 Å². The molecule has 0 aliphatic heterocycles. The van der Waals surface area contributed by atoms with Crippen LogP contribution in [0.2, 0.25) is 0 Å². The van der Waals surface area contributed by atoms with Crippen LogP contribution in [0.5, 0.6) is 34.5 Å². The number of aromatic nitrogens is 6. The number of carbonyl (C=O) groups excluding carboxylic acids is 1. The molecular weight excluding hydrogens is 693 g/mol. The first-order valence-corrected chi connectivity index (χ1v) is 17.2. The van der Waals surface area contributed by atoms with E-state index in [0.717, 1.165) is 22.5 Å². The molecule has 0 aliphatic rings. The fourth-order valence-electron chi connectivity index (χ4n) is 5.39. The smallest absolute Gasteiger partial charge is 0.255 e. The van der Waals surface area contributed by atoms with E-state index < -0.39 is 0 Å². The maximum Gasteiger partial charge on any atom is 0.255 e. The van der Waals surface area contributed by atoms with Gasteiger partial charge in [-0.3, -0.25) is 24.1 Å². The molecule has 55 heavy (non-hydrogen) atoms. The van der Waals surface area contributed by atoms with Crippen LogP contribution in [-0.4, -0.2) is 35.4 Å². The number of hydrogen-bond donors (Lipinski definition) is 2. The number of para-hydroxylation sites is 1. The molecule has 3 N–H and O–H groups in total. The largest absolute Gasteiger partial charge is 0.457 e. The van der Waals surface area contributed by atoms with E-state index >= 15 is 0 Å². The highest BCUT2D eigenvalue weighted by Crippen LogP contribution is 2.29. The van der Waals surface area contributed by atoms with Crippen molar-refractivity contribution in [1.29, 1.82) is 0 Å². The average molecular weight is 729 g/mol. The summed E-state index contributed by atoms with van der Waals surface area (Å²) in [5.74, 6) is 3.68. The highest BCUT2D eigenvalue weighted by atomic mass is 16.5. The molecular formula is C43H36N8O4. The van der Waals surface area contributed by atoms with Gasteiger partial charge in [0.05, 0.1) is 23.8 Å². The molecule has 4 heterocycles. The van der Waals surface area contributed by atoms with Crippen molar-refractivity contribution < 1.29 is 19.0 Å². The van der Waals surface area contributed by atoms with Crippen molar-refractivity contribution >= 4 is 17.3 Å². The predicted molar refractivity (Wildman–Crippen MR) is 211 cm³/mol. The third-order valence-corrected chi connectivity index (χ3v) is 7.96. The molecule has 4 aromatic heterocycles. The summed E-state index contributed by atoms with van der Waals surface area (Å²) in [5, 5.41) is 11.2. The van der Waals surface area contributed by atoms with Gasteiger partial charge in [0.2, 0.25) is 0 Å². The fraction of sp³-hybridized carbons (Fsp3) is 0.0465. The third-order valence-electron chi connectivity index (χ3n) is 7.96. The lowest BCUT2D eigenvalue weighted by atomic mass is 10.2. The average Bonchev–Trinajstić information content (AvgIpc) is 3.84.